The van der Waals surface area contributed by atoms with Gasteiger partial charge in [-0.1, -0.05) is 103 Å². The van der Waals surface area contributed by atoms with Crippen molar-refractivity contribution in [2.45, 2.75) is 261 Å². The van der Waals surface area contributed by atoms with Gasteiger partial charge in [-0.2, -0.15) is 5.26 Å². The molecular formula is C73H129N11O14. The number of aliphatic hydroxyl groups is 1. The van der Waals surface area contributed by atoms with E-state index in [1.165, 1.54) is 92.6 Å². The Bertz CT molecular complexity index is 2660. The van der Waals surface area contributed by atoms with Crippen molar-refractivity contribution in [2.24, 2.45) is 47.3 Å². The van der Waals surface area contributed by atoms with E-state index in [-0.39, 0.29) is 62.9 Å². The molecule has 9 amide bonds. The quantitative estimate of drug-likeness (QED) is 0.102. The van der Waals surface area contributed by atoms with Crippen molar-refractivity contribution in [3.8, 4) is 6.07 Å². The molecule has 0 radical (unpaired) electrons. The van der Waals surface area contributed by atoms with Crippen molar-refractivity contribution >= 4 is 64.7 Å². The lowest BCUT2D eigenvalue weighted by molar-refractivity contribution is -0.157. The van der Waals surface area contributed by atoms with Crippen LogP contribution in [0.5, 0.6) is 0 Å². The predicted molar refractivity (Wildman–Crippen MR) is 377 cm³/mol. The zero-order chi connectivity index (χ0) is 74.9. The molecule has 560 valence electrons. The third-order valence-electron chi connectivity index (χ3n) is 19.9. The summed E-state index contributed by atoms with van der Waals surface area (Å²) >= 11 is 0. The molecular weight excluding hydrogens is 1250 g/mol. The number of unbranched alkanes of at least 4 members (excludes halogenated alkanes) is 4. The first-order chi connectivity index (χ1) is 45.7. The first-order valence-electron chi connectivity index (χ1n) is 36.2. The Morgan fingerprint density at radius 2 is 1.04 bits per heavy atom. The van der Waals surface area contributed by atoms with Gasteiger partial charge in [0, 0.05) is 100 Å². The lowest BCUT2D eigenvalue weighted by Gasteiger charge is -2.41. The van der Waals surface area contributed by atoms with Crippen LogP contribution in [-0.4, -0.2) is 264 Å². The van der Waals surface area contributed by atoms with Crippen LogP contribution in [0.25, 0.3) is 0 Å². The van der Waals surface area contributed by atoms with Crippen molar-refractivity contribution < 1.29 is 67.3 Å². The number of aliphatic hydroxyl groups excluding tert-OH is 1. The lowest BCUT2D eigenvalue weighted by Crippen LogP contribution is -2.64. The molecule has 0 unspecified atom stereocenters. The van der Waals surface area contributed by atoms with Crippen molar-refractivity contribution in [3.63, 3.8) is 0 Å². The number of nitriles is 1. The van der Waals surface area contributed by atoms with Crippen molar-refractivity contribution in [3.05, 3.63) is 0 Å². The van der Waals surface area contributed by atoms with E-state index >= 15 is 33.6 Å². The minimum Gasteiger partial charge on any atom is -0.390 e. The van der Waals surface area contributed by atoms with Crippen LogP contribution < -0.4 is 10.6 Å². The highest BCUT2D eigenvalue weighted by Gasteiger charge is 2.47. The van der Waals surface area contributed by atoms with Gasteiger partial charge in [0.2, 0.25) is 53.2 Å². The van der Waals surface area contributed by atoms with Gasteiger partial charge < -0.3 is 59.5 Å². The maximum Gasteiger partial charge on any atom is 0.246 e. The Kier molecular flexibility index (Phi) is 37.9. The highest BCUT2D eigenvalue weighted by Crippen LogP contribution is 2.29. The second-order valence-electron chi connectivity index (χ2n) is 30.1. The standard InChI is InChI=1S/C73H129N11O14/c1-24-55-70(93)77(17)52(15)68(91)82(22)62(53(16)98-36-30-29-33-84-34-37-97-38-35-84)60(86)43-54(47(8)9)69(92)78(18)56(39-44(2)3)59(85)42-50(13)65(88)75-51(14)67(90)79(19)57(40-45(4)5)71(94)80(20)58(41-46(6)7)72(95)81(21)61(48(10)11)73(96)83(23)63(66(89)76-55)64(87)49(12)31-27-25-26-28-32-74/h44-58,61-64,87H,24-31,33-43H2,1-23H3,(H,75,88)(H,76,89)/t49-,50-,51-,52-,53-,54+,55+,56+,57+,58+,61+,62+,63+,64-/m1/s1. The molecule has 2 fully saturated rings. The van der Waals surface area contributed by atoms with Gasteiger partial charge >= 0.3 is 0 Å². The first kappa shape index (κ1) is 88.0. The average Bonchev–Trinajstić information content (AvgIpc) is 0.803. The van der Waals surface area contributed by atoms with Crippen LogP contribution in [0.3, 0.4) is 0 Å². The highest BCUT2D eigenvalue weighted by molar-refractivity contribution is 6.00. The zero-order valence-corrected chi connectivity index (χ0v) is 64.2. The van der Waals surface area contributed by atoms with Gasteiger partial charge in [0.25, 0.3) is 0 Å². The van der Waals surface area contributed by atoms with E-state index in [0.717, 1.165) is 31.0 Å². The van der Waals surface area contributed by atoms with E-state index in [1.807, 2.05) is 41.5 Å². The topological polar surface area (TPSA) is 300 Å². The molecule has 0 aliphatic carbocycles. The Hall–Kier alpha value is -6.10. The summed E-state index contributed by atoms with van der Waals surface area (Å²) in [6.07, 6.45) is 1.38. The molecule has 2 aliphatic heterocycles. The molecule has 0 aromatic carbocycles. The van der Waals surface area contributed by atoms with Crippen LogP contribution in [0.1, 0.15) is 194 Å². The Morgan fingerprint density at radius 1 is 0.531 bits per heavy atom. The van der Waals surface area contributed by atoms with Gasteiger partial charge in [-0.3, -0.25) is 57.6 Å². The van der Waals surface area contributed by atoms with Gasteiger partial charge in [-0.15, -0.1) is 0 Å². The molecule has 0 aromatic rings. The van der Waals surface area contributed by atoms with E-state index in [9.17, 15) is 29.5 Å². The smallest absolute Gasteiger partial charge is 0.246 e. The molecule has 2 saturated heterocycles. The molecule has 0 spiro atoms. The lowest BCUT2D eigenvalue weighted by atomic mass is 9.85. The average molecular weight is 1380 g/mol. The largest absolute Gasteiger partial charge is 0.390 e. The van der Waals surface area contributed by atoms with Crippen molar-refractivity contribution in [1.82, 2.24) is 49.8 Å². The van der Waals surface area contributed by atoms with E-state index < -0.39 is 161 Å². The normalized spacial score (nSPS) is 27.1. The summed E-state index contributed by atoms with van der Waals surface area (Å²) in [5.41, 5.74) is 0. The number of ether oxygens (including phenoxy) is 2. The first-order valence-corrected chi connectivity index (χ1v) is 36.2. The second-order valence-corrected chi connectivity index (χ2v) is 30.1. The van der Waals surface area contributed by atoms with Crippen molar-refractivity contribution in [2.75, 3.05) is 88.8 Å². The number of nitrogens with zero attached hydrogens (tertiary/aromatic N) is 9. The summed E-state index contributed by atoms with van der Waals surface area (Å²) in [7, 11) is 10.1. The molecule has 0 saturated carbocycles. The fourth-order valence-corrected chi connectivity index (χ4v) is 13.4. The molecule has 25 nitrogen and oxygen atoms in total. The van der Waals surface area contributed by atoms with Crippen LogP contribution in [0.15, 0.2) is 0 Å². The third-order valence-corrected chi connectivity index (χ3v) is 19.9. The van der Waals surface area contributed by atoms with E-state index in [0.29, 0.717) is 51.7 Å². The van der Waals surface area contributed by atoms with Crippen LogP contribution in [0.4, 0.5) is 0 Å². The summed E-state index contributed by atoms with van der Waals surface area (Å²) in [5, 5.41) is 27.2. The second kappa shape index (κ2) is 42.2. The Labute approximate surface area is 587 Å². The number of rotatable bonds is 23. The summed E-state index contributed by atoms with van der Waals surface area (Å²) in [4.78, 5) is 175. The number of hydrogen-bond donors (Lipinski definition) is 3. The van der Waals surface area contributed by atoms with Crippen molar-refractivity contribution in [1.29, 1.82) is 5.26 Å². The number of amides is 9. The molecule has 2 rings (SSSR count). The number of morpholine rings is 1. The maximum absolute atomic E-state index is 15.4. The summed E-state index contributed by atoms with van der Waals surface area (Å²) < 4.78 is 11.9. The number of hydrogen-bond acceptors (Lipinski definition) is 16. The minimum atomic E-state index is -1.65. The number of ketones is 2. The fourth-order valence-electron chi connectivity index (χ4n) is 13.4. The molecule has 14 atom stereocenters. The Balaban J connectivity index is 3.02. The maximum atomic E-state index is 15.4. The third kappa shape index (κ3) is 25.5. The number of carbonyl (C=O) groups is 11. The number of likely N-dealkylation sites (N-methyl/N-ethyl adjacent to an activating group) is 7. The summed E-state index contributed by atoms with van der Waals surface area (Å²) in [6, 6.07) is -9.21. The fraction of sp³-hybridized carbons (Fsp3) is 0.836. The molecule has 25 heteroatoms. The molecule has 98 heavy (non-hydrogen) atoms. The Morgan fingerprint density at radius 3 is 1.56 bits per heavy atom. The number of Topliss-reactive ketones (excluding diaryl/α,β-unsaturated/α-hetero) is 2. The van der Waals surface area contributed by atoms with Crippen LogP contribution >= 0.6 is 0 Å². The van der Waals surface area contributed by atoms with Crippen LogP contribution in [0.2, 0.25) is 0 Å². The minimum absolute atomic E-state index is 0.00876. The summed E-state index contributed by atoms with van der Waals surface area (Å²) in [6.45, 7) is 31.9. The molecule has 0 aromatic heterocycles. The summed E-state index contributed by atoms with van der Waals surface area (Å²) in [5.74, 6) is -11.0. The van der Waals surface area contributed by atoms with Gasteiger partial charge in [0.15, 0.2) is 11.6 Å². The van der Waals surface area contributed by atoms with Gasteiger partial charge in [0.05, 0.1) is 37.5 Å². The van der Waals surface area contributed by atoms with E-state index in [4.69, 9.17) is 9.47 Å². The van der Waals surface area contributed by atoms with E-state index in [1.54, 1.807) is 55.4 Å². The SMILES string of the molecule is CC[C@@H]1NC(=O)[C@H]([C@H](O)[C@H](C)CCCCCC#N)N(C)C(=O)[C@H](C(C)C)N(C)C(=O)[C@H](CC(C)C)N(C)C(=O)[C@H](CC(C)C)N(C)C(=O)[C@@H](C)NC(=O)[C@H](C)CC(=O)[C@H](CC(C)C)N(C)C(=O)[C@H](C(C)C)CC(=O)[C@H]([C@@H](C)OCCCCN2CCOCC2)N(C)C(=O)[C@@H](C)N(C)C1=O. The predicted octanol–water partition coefficient (Wildman–Crippen LogP) is 5.82. The van der Waals surface area contributed by atoms with Gasteiger partial charge in [-0.25, -0.2) is 0 Å². The molecule has 0 bridgehead atoms. The zero-order valence-electron chi connectivity index (χ0n) is 64.2. The number of nitrogens with one attached hydrogen (secondary N) is 2. The van der Waals surface area contributed by atoms with Gasteiger partial charge in [0.1, 0.15) is 48.3 Å². The monoisotopic (exact) mass is 1380 g/mol. The van der Waals surface area contributed by atoms with Gasteiger partial charge in [-0.05, 0) is 114 Å². The molecule has 2 aliphatic rings. The molecule has 2 heterocycles. The van der Waals surface area contributed by atoms with Crippen LogP contribution in [0, 0.1) is 58.7 Å². The highest BCUT2D eigenvalue weighted by atomic mass is 16.5. The molecule has 3 N–H and O–H groups in total. The number of carbonyl (C=O) groups excluding carboxylic acids is 11. The van der Waals surface area contributed by atoms with E-state index in [2.05, 4.69) is 21.6 Å². The van der Waals surface area contributed by atoms with Crippen LogP contribution in [-0.2, 0) is 62.2 Å².